The number of rotatable bonds is 7. The molecule has 0 bridgehead atoms. The maximum Gasteiger partial charge on any atom is 0.340 e. The van der Waals surface area contributed by atoms with Crippen molar-refractivity contribution >= 4 is 17.7 Å². The number of esters is 1. The molecule has 2 aromatic carbocycles. The van der Waals surface area contributed by atoms with Crippen molar-refractivity contribution in [2.75, 3.05) is 25.1 Å². The number of urea groups is 1. The molecule has 0 heterocycles. The SMILES string of the molecule is CCOC(=O)c1ccccc1NC(=O)NCCOc1cc(C)ccc1C. The third kappa shape index (κ3) is 5.51. The van der Waals surface area contributed by atoms with Crippen molar-refractivity contribution in [2.24, 2.45) is 0 Å². The van der Waals surface area contributed by atoms with Gasteiger partial charge in [-0.15, -0.1) is 0 Å². The fraction of sp³-hybridized carbons (Fsp3) is 0.300. The molecule has 0 radical (unpaired) electrons. The van der Waals surface area contributed by atoms with E-state index in [1.807, 2.05) is 32.0 Å². The van der Waals surface area contributed by atoms with Gasteiger partial charge in [-0.3, -0.25) is 0 Å². The molecule has 0 saturated carbocycles. The summed E-state index contributed by atoms with van der Waals surface area (Å²) in [5.41, 5.74) is 2.88. The second-order valence-electron chi connectivity index (χ2n) is 5.76. The molecule has 0 aliphatic carbocycles. The van der Waals surface area contributed by atoms with Crippen molar-refractivity contribution in [1.82, 2.24) is 5.32 Å². The van der Waals surface area contributed by atoms with Crippen molar-refractivity contribution in [2.45, 2.75) is 20.8 Å². The van der Waals surface area contributed by atoms with Crippen LogP contribution in [0, 0.1) is 13.8 Å². The number of para-hydroxylation sites is 1. The summed E-state index contributed by atoms with van der Waals surface area (Å²) in [4.78, 5) is 24.0. The summed E-state index contributed by atoms with van der Waals surface area (Å²) in [5.74, 6) is 0.335. The maximum absolute atomic E-state index is 12.0. The first-order valence-electron chi connectivity index (χ1n) is 8.52. The van der Waals surface area contributed by atoms with E-state index in [0.717, 1.165) is 16.9 Å². The van der Waals surface area contributed by atoms with E-state index < -0.39 is 12.0 Å². The molecule has 2 aromatic rings. The van der Waals surface area contributed by atoms with Crippen molar-refractivity contribution in [3.8, 4) is 5.75 Å². The number of ether oxygens (including phenoxy) is 2. The Kier molecular flexibility index (Phi) is 7.02. The van der Waals surface area contributed by atoms with Gasteiger partial charge >= 0.3 is 12.0 Å². The molecular formula is C20H24N2O4. The monoisotopic (exact) mass is 356 g/mol. The van der Waals surface area contributed by atoms with Gasteiger partial charge in [-0.05, 0) is 50.1 Å². The zero-order valence-corrected chi connectivity index (χ0v) is 15.3. The third-order valence-corrected chi connectivity index (χ3v) is 3.66. The number of carbonyl (C=O) groups excluding carboxylic acids is 2. The largest absolute Gasteiger partial charge is 0.491 e. The van der Waals surface area contributed by atoms with E-state index >= 15 is 0 Å². The van der Waals surface area contributed by atoms with Crippen LogP contribution in [-0.4, -0.2) is 31.8 Å². The molecule has 6 nitrogen and oxygen atoms in total. The minimum Gasteiger partial charge on any atom is -0.491 e. The lowest BCUT2D eigenvalue weighted by molar-refractivity contribution is 0.0527. The Morgan fingerprint density at radius 3 is 2.62 bits per heavy atom. The van der Waals surface area contributed by atoms with Gasteiger partial charge in [0.15, 0.2) is 0 Å². The lowest BCUT2D eigenvalue weighted by atomic mass is 10.1. The first kappa shape index (κ1) is 19.3. The van der Waals surface area contributed by atoms with E-state index in [1.54, 1.807) is 31.2 Å². The average Bonchev–Trinajstić information content (AvgIpc) is 2.62. The highest BCUT2D eigenvalue weighted by molar-refractivity contribution is 6.00. The number of aryl methyl sites for hydroxylation is 2. The minimum absolute atomic E-state index is 0.273. The van der Waals surface area contributed by atoms with E-state index in [2.05, 4.69) is 10.6 Å². The highest BCUT2D eigenvalue weighted by Crippen LogP contribution is 2.19. The zero-order valence-electron chi connectivity index (χ0n) is 15.3. The van der Waals surface area contributed by atoms with Crippen LogP contribution in [0.3, 0.4) is 0 Å². The predicted molar refractivity (Wildman–Crippen MR) is 101 cm³/mol. The summed E-state index contributed by atoms with van der Waals surface area (Å²) < 4.78 is 10.7. The van der Waals surface area contributed by atoms with E-state index in [0.29, 0.717) is 24.4 Å². The van der Waals surface area contributed by atoms with Crippen LogP contribution in [0.25, 0.3) is 0 Å². The van der Waals surface area contributed by atoms with Gasteiger partial charge in [0.25, 0.3) is 0 Å². The van der Waals surface area contributed by atoms with Crippen LogP contribution < -0.4 is 15.4 Å². The molecule has 2 rings (SSSR count). The molecular weight excluding hydrogens is 332 g/mol. The highest BCUT2D eigenvalue weighted by Gasteiger charge is 2.13. The molecule has 0 aliphatic heterocycles. The molecule has 26 heavy (non-hydrogen) atoms. The molecule has 138 valence electrons. The molecule has 0 unspecified atom stereocenters. The number of nitrogens with one attached hydrogen (secondary N) is 2. The first-order chi connectivity index (χ1) is 12.5. The molecule has 2 amide bonds. The van der Waals surface area contributed by atoms with Crippen molar-refractivity contribution in [3.63, 3.8) is 0 Å². The predicted octanol–water partition coefficient (Wildman–Crippen LogP) is 3.68. The van der Waals surface area contributed by atoms with E-state index in [1.165, 1.54) is 0 Å². The first-order valence-corrected chi connectivity index (χ1v) is 8.52. The Morgan fingerprint density at radius 2 is 1.85 bits per heavy atom. The van der Waals surface area contributed by atoms with Gasteiger partial charge in [0.2, 0.25) is 0 Å². The Bertz CT molecular complexity index is 774. The lowest BCUT2D eigenvalue weighted by Crippen LogP contribution is -2.32. The Balaban J connectivity index is 1.84. The second kappa shape index (κ2) is 9.46. The smallest absolute Gasteiger partial charge is 0.340 e. The second-order valence-corrected chi connectivity index (χ2v) is 5.76. The van der Waals surface area contributed by atoms with Crippen LogP contribution in [0.2, 0.25) is 0 Å². The fourth-order valence-corrected chi connectivity index (χ4v) is 2.33. The lowest BCUT2D eigenvalue weighted by Gasteiger charge is -2.12. The molecule has 0 fully saturated rings. The van der Waals surface area contributed by atoms with E-state index in [9.17, 15) is 9.59 Å². The quantitative estimate of drug-likeness (QED) is 0.586. The summed E-state index contributed by atoms with van der Waals surface area (Å²) >= 11 is 0. The number of benzene rings is 2. The number of anilines is 1. The van der Waals surface area contributed by atoms with Crippen LogP contribution in [0.1, 0.15) is 28.4 Å². The van der Waals surface area contributed by atoms with Gasteiger partial charge in [-0.1, -0.05) is 24.3 Å². The molecule has 0 spiro atoms. The molecule has 2 N–H and O–H groups in total. The molecule has 6 heteroatoms. The van der Waals surface area contributed by atoms with Gasteiger partial charge in [-0.25, -0.2) is 9.59 Å². The number of amides is 2. The van der Waals surface area contributed by atoms with Gasteiger partial charge in [0, 0.05) is 0 Å². The Hall–Kier alpha value is -3.02. The van der Waals surface area contributed by atoms with Crippen LogP contribution >= 0.6 is 0 Å². The molecule has 0 atom stereocenters. The summed E-state index contributed by atoms with van der Waals surface area (Å²) in [7, 11) is 0. The zero-order chi connectivity index (χ0) is 18.9. The van der Waals surface area contributed by atoms with Crippen LogP contribution in [-0.2, 0) is 4.74 Å². The van der Waals surface area contributed by atoms with Crippen molar-refractivity contribution < 1.29 is 19.1 Å². The molecule has 0 aromatic heterocycles. The number of hydrogen-bond donors (Lipinski definition) is 2. The van der Waals surface area contributed by atoms with E-state index in [4.69, 9.17) is 9.47 Å². The maximum atomic E-state index is 12.0. The van der Waals surface area contributed by atoms with Gasteiger partial charge in [-0.2, -0.15) is 0 Å². The average molecular weight is 356 g/mol. The minimum atomic E-state index is -0.471. The summed E-state index contributed by atoms with van der Waals surface area (Å²) in [6.07, 6.45) is 0. The normalized spacial score (nSPS) is 10.1. The summed E-state index contributed by atoms with van der Waals surface area (Å²) in [5, 5.41) is 5.37. The number of hydrogen-bond acceptors (Lipinski definition) is 4. The van der Waals surface area contributed by atoms with Crippen LogP contribution in [0.5, 0.6) is 5.75 Å². The van der Waals surface area contributed by atoms with Crippen molar-refractivity contribution in [1.29, 1.82) is 0 Å². The Labute approximate surface area is 153 Å². The molecule has 0 aliphatic rings. The van der Waals surface area contributed by atoms with Crippen LogP contribution in [0.4, 0.5) is 10.5 Å². The van der Waals surface area contributed by atoms with Crippen molar-refractivity contribution in [3.05, 3.63) is 59.2 Å². The number of carbonyl (C=O) groups is 2. The molecule has 0 saturated heterocycles. The summed E-state index contributed by atoms with van der Waals surface area (Å²) in [6, 6.07) is 12.3. The van der Waals surface area contributed by atoms with Gasteiger partial charge < -0.3 is 20.1 Å². The standard InChI is InChI=1S/C20H24N2O4/c1-4-25-19(23)16-7-5-6-8-17(16)22-20(24)21-11-12-26-18-13-14(2)9-10-15(18)3/h5-10,13H,4,11-12H2,1-3H3,(H2,21,22,24). The fourth-order valence-electron chi connectivity index (χ4n) is 2.33. The van der Waals surface area contributed by atoms with Gasteiger partial charge in [0.05, 0.1) is 24.4 Å². The highest BCUT2D eigenvalue weighted by atomic mass is 16.5. The summed E-state index contributed by atoms with van der Waals surface area (Å²) in [6.45, 7) is 6.66. The Morgan fingerprint density at radius 1 is 1.08 bits per heavy atom. The van der Waals surface area contributed by atoms with Gasteiger partial charge in [0.1, 0.15) is 12.4 Å². The third-order valence-electron chi connectivity index (χ3n) is 3.66. The van der Waals surface area contributed by atoms with Crippen LogP contribution in [0.15, 0.2) is 42.5 Å². The topological polar surface area (TPSA) is 76.7 Å². The van der Waals surface area contributed by atoms with E-state index in [-0.39, 0.29) is 6.61 Å².